The summed E-state index contributed by atoms with van der Waals surface area (Å²) < 4.78 is 57.4. The highest BCUT2D eigenvalue weighted by Gasteiger charge is 2.49. The van der Waals surface area contributed by atoms with Gasteiger partial charge in [-0.25, -0.2) is 13.2 Å². The molecule has 14 heteroatoms. The largest absolute Gasteiger partial charge is 0.496 e. The molecule has 1 saturated carbocycles. The Morgan fingerprint density at radius 1 is 1.09 bits per heavy atom. The number of alkyl halides is 2. The molecular weight excluding hydrogens is 615 g/mol. The van der Waals surface area contributed by atoms with Crippen molar-refractivity contribution in [3.63, 3.8) is 0 Å². The Morgan fingerprint density at radius 3 is 2.50 bits per heavy atom. The van der Waals surface area contributed by atoms with Gasteiger partial charge in [-0.1, -0.05) is 18.2 Å². The van der Waals surface area contributed by atoms with Crippen LogP contribution in [0.4, 0.5) is 14.5 Å². The summed E-state index contributed by atoms with van der Waals surface area (Å²) in [4.78, 5) is 42.1. The molecule has 5 rings (SSSR count). The molecule has 2 amide bonds. The number of nitrogens with one attached hydrogen (secondary N) is 2. The zero-order chi connectivity index (χ0) is 32.0. The van der Waals surface area contributed by atoms with Crippen LogP contribution in [0.3, 0.4) is 0 Å². The van der Waals surface area contributed by atoms with Crippen LogP contribution in [0.15, 0.2) is 71.9 Å². The summed E-state index contributed by atoms with van der Waals surface area (Å²) in [5.74, 6) is -3.04. The molecule has 1 heterocycles. The number of halogens is 2. The van der Waals surface area contributed by atoms with Crippen molar-refractivity contribution in [3.8, 4) is 16.9 Å². The Labute approximate surface area is 254 Å². The lowest BCUT2D eigenvalue weighted by atomic mass is 9.87. The Bertz CT molecular complexity index is 1810. The number of carboxylic acid groups (broad SMARTS) is 1. The fraction of sp³-hybridized carbons (Fsp3) is 0.267. The number of anilines is 1. The van der Waals surface area contributed by atoms with Gasteiger partial charge in [-0.3, -0.25) is 14.6 Å². The van der Waals surface area contributed by atoms with Gasteiger partial charge in [-0.2, -0.15) is 8.78 Å². The summed E-state index contributed by atoms with van der Waals surface area (Å²) in [6.07, 6.45) is 7.10. The number of aromatic nitrogens is 1. The van der Waals surface area contributed by atoms with Crippen molar-refractivity contribution in [3.05, 3.63) is 78.1 Å². The monoisotopic (exact) mass is 643 g/mol. The van der Waals surface area contributed by atoms with Crippen LogP contribution in [-0.2, 0) is 14.6 Å². The number of carbonyl (C=O) groups is 3. The number of hydrogen-bond acceptors (Lipinski definition) is 7. The van der Waals surface area contributed by atoms with Crippen molar-refractivity contribution in [1.29, 1.82) is 0 Å². The second kappa shape index (κ2) is 11.7. The van der Waals surface area contributed by atoms with E-state index in [-0.39, 0.29) is 41.3 Å². The first-order chi connectivity index (χ1) is 20.7. The number of pyridine rings is 1. The van der Waals surface area contributed by atoms with Crippen molar-refractivity contribution < 1.29 is 41.4 Å². The maximum Gasteiger partial charge on any atom is 0.347 e. The first-order valence-electron chi connectivity index (χ1n) is 13.4. The molecule has 2 aliphatic carbocycles. The van der Waals surface area contributed by atoms with Crippen LogP contribution >= 0.6 is 9.24 Å². The molecular formula is C30H28F2N3O7PS. The highest BCUT2D eigenvalue weighted by molar-refractivity contribution is 7.92. The van der Waals surface area contributed by atoms with Gasteiger partial charge in [-0.05, 0) is 65.5 Å². The van der Waals surface area contributed by atoms with Gasteiger partial charge in [0.25, 0.3) is 5.91 Å². The molecule has 1 unspecified atom stereocenters. The summed E-state index contributed by atoms with van der Waals surface area (Å²) >= 11 is 0. The van der Waals surface area contributed by atoms with Gasteiger partial charge in [0.15, 0.2) is 0 Å². The Kier molecular flexibility index (Phi) is 8.30. The van der Waals surface area contributed by atoms with E-state index in [1.54, 1.807) is 12.1 Å². The lowest BCUT2D eigenvalue weighted by molar-refractivity contribution is -0.121. The Balaban J connectivity index is 1.41. The molecule has 0 radical (unpaired) electrons. The standard InChI is InChI=1S/C30H28F2N3O7PS/c1-30(31,32)44(40,41)20-5-3-4-19(10-20)34-28(37)25-15-6-7-16(8-15)26(25)35-27(36)22-11-21(24(43)12-23(22)42-2)17-9-18(29(38)39)14-33-13-17/h3-7,9-16,25-26H,8,43H2,1-2H3,(H,34,37)(H,35,36)(H,38,39)/t15-,16+,25+,26-/m1/s1. The van der Waals surface area contributed by atoms with Gasteiger partial charge in [0.05, 0.1) is 29.1 Å². The van der Waals surface area contributed by atoms with E-state index in [0.29, 0.717) is 22.9 Å². The number of carboxylic acids is 1. The molecule has 3 aromatic rings. The van der Waals surface area contributed by atoms with E-state index in [4.69, 9.17) is 4.74 Å². The molecule has 10 nitrogen and oxygen atoms in total. The van der Waals surface area contributed by atoms with Gasteiger partial charge in [0.1, 0.15) is 5.75 Å². The number of sulfone groups is 1. The van der Waals surface area contributed by atoms with E-state index in [9.17, 15) is 36.7 Å². The third kappa shape index (κ3) is 5.81. The van der Waals surface area contributed by atoms with E-state index < -0.39 is 49.7 Å². The number of carbonyl (C=O) groups excluding carboxylic acids is 2. The highest BCUT2D eigenvalue weighted by Crippen LogP contribution is 2.44. The first kappa shape index (κ1) is 31.2. The van der Waals surface area contributed by atoms with Gasteiger partial charge in [0.2, 0.25) is 15.7 Å². The Hall–Kier alpha value is -4.22. The lowest BCUT2D eigenvalue weighted by Gasteiger charge is -2.28. The maximum atomic E-state index is 13.7. The van der Waals surface area contributed by atoms with Crippen molar-refractivity contribution in [2.45, 2.75) is 29.5 Å². The fourth-order valence-electron chi connectivity index (χ4n) is 5.68. The third-order valence-electron chi connectivity index (χ3n) is 7.86. The second-order valence-corrected chi connectivity index (χ2v) is 13.5. The van der Waals surface area contributed by atoms with Crippen molar-refractivity contribution in [2.24, 2.45) is 17.8 Å². The SMILES string of the molecule is COc1cc(P)c(-c2cncc(C(=O)O)c2)cc1C(=O)N[C@H]1[C@@H](C(=O)Nc2cccc(S(=O)(=O)C(C)(F)F)c2)[C@@H]2C=C[C@H]1C2. The lowest BCUT2D eigenvalue weighted by Crippen LogP contribution is -2.47. The topological polar surface area (TPSA) is 152 Å². The van der Waals surface area contributed by atoms with E-state index in [1.165, 1.54) is 37.7 Å². The number of nitrogens with zero attached hydrogens (tertiary/aromatic N) is 1. The average molecular weight is 644 g/mol. The summed E-state index contributed by atoms with van der Waals surface area (Å²) in [5.41, 5.74) is 1.15. The molecule has 1 aromatic heterocycles. The van der Waals surface area contributed by atoms with E-state index in [1.807, 2.05) is 12.2 Å². The van der Waals surface area contributed by atoms with Crippen LogP contribution in [0.2, 0.25) is 0 Å². The number of ether oxygens (including phenoxy) is 1. The maximum absolute atomic E-state index is 13.7. The Morgan fingerprint density at radius 2 is 1.82 bits per heavy atom. The summed E-state index contributed by atoms with van der Waals surface area (Å²) in [6.45, 7) is 0.289. The average Bonchev–Trinajstić information content (AvgIpc) is 3.58. The summed E-state index contributed by atoms with van der Waals surface area (Å²) in [7, 11) is -1.03. The highest BCUT2D eigenvalue weighted by atomic mass is 32.2. The number of fused-ring (bicyclic) bond motifs is 2. The molecule has 2 aromatic carbocycles. The van der Waals surface area contributed by atoms with Crippen molar-refractivity contribution in [2.75, 3.05) is 12.4 Å². The van der Waals surface area contributed by atoms with Gasteiger partial charge < -0.3 is 20.5 Å². The number of allylic oxidation sites excluding steroid dienone is 1. The summed E-state index contributed by atoms with van der Waals surface area (Å²) in [6, 6.07) is 8.65. The van der Waals surface area contributed by atoms with Crippen LogP contribution in [0.5, 0.6) is 5.75 Å². The van der Waals surface area contributed by atoms with E-state index >= 15 is 0 Å². The van der Waals surface area contributed by atoms with E-state index in [2.05, 4.69) is 24.9 Å². The molecule has 230 valence electrons. The molecule has 0 aliphatic heterocycles. The quantitative estimate of drug-likeness (QED) is 0.235. The molecule has 0 spiro atoms. The first-order valence-corrected chi connectivity index (χ1v) is 15.5. The van der Waals surface area contributed by atoms with Gasteiger partial charge in [0, 0.05) is 36.6 Å². The molecule has 44 heavy (non-hydrogen) atoms. The molecule has 0 saturated heterocycles. The number of rotatable bonds is 9. The van der Waals surface area contributed by atoms with Crippen LogP contribution in [0.1, 0.15) is 34.1 Å². The zero-order valence-corrected chi connectivity index (χ0v) is 25.4. The molecule has 2 aliphatic rings. The van der Waals surface area contributed by atoms with Gasteiger partial charge >= 0.3 is 11.2 Å². The smallest absolute Gasteiger partial charge is 0.347 e. The minimum absolute atomic E-state index is 0.0247. The minimum atomic E-state index is -4.96. The fourth-order valence-corrected chi connectivity index (χ4v) is 7.03. The number of benzene rings is 2. The molecule has 5 atom stereocenters. The zero-order valence-electron chi connectivity index (χ0n) is 23.5. The normalized spacial score (nSPS) is 20.8. The minimum Gasteiger partial charge on any atom is -0.496 e. The van der Waals surface area contributed by atoms with Crippen molar-refractivity contribution in [1.82, 2.24) is 10.3 Å². The van der Waals surface area contributed by atoms with Crippen LogP contribution in [0, 0.1) is 17.8 Å². The van der Waals surface area contributed by atoms with Crippen LogP contribution in [0.25, 0.3) is 11.1 Å². The number of aromatic carboxylic acids is 1. The molecule has 3 N–H and O–H groups in total. The van der Waals surface area contributed by atoms with Crippen LogP contribution in [-0.4, -0.2) is 54.7 Å². The molecule has 1 fully saturated rings. The van der Waals surface area contributed by atoms with Gasteiger partial charge in [-0.15, -0.1) is 9.24 Å². The summed E-state index contributed by atoms with van der Waals surface area (Å²) in [5, 5.41) is 11.6. The van der Waals surface area contributed by atoms with E-state index in [0.717, 1.165) is 12.1 Å². The predicted molar refractivity (Wildman–Crippen MR) is 161 cm³/mol. The van der Waals surface area contributed by atoms with Crippen molar-refractivity contribution >= 4 is 47.9 Å². The number of methoxy groups -OCH3 is 1. The number of amides is 2. The van der Waals surface area contributed by atoms with Crippen LogP contribution < -0.4 is 20.7 Å². The number of hydrogen-bond donors (Lipinski definition) is 3. The molecule has 2 bridgehead atoms. The third-order valence-corrected chi connectivity index (χ3v) is 10.2. The second-order valence-electron chi connectivity index (χ2n) is 10.7. The predicted octanol–water partition coefficient (Wildman–Crippen LogP) is 3.90.